The second-order valence-electron chi connectivity index (χ2n) is 5.13. The van der Waals surface area contributed by atoms with Gasteiger partial charge in [-0.05, 0) is 12.1 Å². The quantitative estimate of drug-likeness (QED) is 0.777. The summed E-state index contributed by atoms with van der Waals surface area (Å²) in [5.41, 5.74) is 0.490. The molecule has 0 N–H and O–H groups in total. The van der Waals surface area contributed by atoms with Crippen LogP contribution in [0.5, 0.6) is 17.2 Å². The molecule has 118 valence electrons. The number of methoxy groups -OCH3 is 3. The van der Waals surface area contributed by atoms with Crippen molar-refractivity contribution in [3.63, 3.8) is 0 Å². The summed E-state index contributed by atoms with van der Waals surface area (Å²) in [5, 5.41) is 0. The second kappa shape index (κ2) is 5.08. The molecule has 0 amide bonds. The molecule has 0 aromatic heterocycles. The van der Waals surface area contributed by atoms with E-state index in [0.717, 1.165) is 0 Å². The zero-order valence-corrected chi connectivity index (χ0v) is 12.5. The van der Waals surface area contributed by atoms with Crippen molar-refractivity contribution in [3.05, 3.63) is 17.7 Å². The maximum Gasteiger partial charge on any atom is 0.309 e. The Bertz CT molecular complexity index is 592. The number of ether oxygens (including phenoxy) is 5. The first-order valence-corrected chi connectivity index (χ1v) is 6.78. The summed E-state index contributed by atoms with van der Waals surface area (Å²) < 4.78 is 26.6. The molecule has 0 atom stereocenters. The first kappa shape index (κ1) is 14.5. The van der Waals surface area contributed by atoms with Crippen molar-refractivity contribution in [2.45, 2.75) is 18.6 Å². The Morgan fingerprint density at radius 3 is 1.86 bits per heavy atom. The minimum Gasteiger partial charge on any atom is -0.493 e. The van der Waals surface area contributed by atoms with Crippen molar-refractivity contribution in [2.75, 3.05) is 21.3 Å². The molecule has 0 unspecified atom stereocenters. The predicted molar refractivity (Wildman–Crippen MR) is 72.7 cm³/mol. The van der Waals surface area contributed by atoms with Crippen LogP contribution in [0.2, 0.25) is 0 Å². The molecule has 0 radical (unpaired) electrons. The van der Waals surface area contributed by atoms with Gasteiger partial charge < -0.3 is 23.7 Å². The van der Waals surface area contributed by atoms with Gasteiger partial charge in [0, 0.05) is 5.56 Å². The lowest BCUT2D eigenvalue weighted by atomic mass is 9.90. The van der Waals surface area contributed by atoms with Crippen LogP contribution in [0.25, 0.3) is 0 Å². The molecular formula is C15H16O7. The van der Waals surface area contributed by atoms with E-state index in [1.165, 1.54) is 21.3 Å². The fraction of sp³-hybridized carbons (Fsp3) is 0.467. The van der Waals surface area contributed by atoms with Crippen LogP contribution in [-0.4, -0.2) is 33.3 Å². The standard InChI is InChI=1S/C15H16O7/c1-18-10-4-8(5-11(19-2)14(10)20-3)15-9(6-12(16)21-15)7-13(17)22-15/h4-5,9H,6-7H2,1-3H3. The fourth-order valence-corrected chi connectivity index (χ4v) is 2.99. The van der Waals surface area contributed by atoms with Crippen LogP contribution in [0.4, 0.5) is 0 Å². The molecule has 7 nitrogen and oxygen atoms in total. The van der Waals surface area contributed by atoms with Gasteiger partial charge in [-0.1, -0.05) is 0 Å². The summed E-state index contributed by atoms with van der Waals surface area (Å²) in [5.74, 6) is -1.34. The van der Waals surface area contributed by atoms with E-state index in [1.54, 1.807) is 12.1 Å². The van der Waals surface area contributed by atoms with Gasteiger partial charge in [-0.15, -0.1) is 0 Å². The topological polar surface area (TPSA) is 80.3 Å². The minimum absolute atomic E-state index is 0.141. The number of hydrogen-bond donors (Lipinski definition) is 0. The van der Waals surface area contributed by atoms with Crippen molar-refractivity contribution in [2.24, 2.45) is 5.92 Å². The highest BCUT2D eigenvalue weighted by Crippen LogP contribution is 2.52. The Kier molecular flexibility index (Phi) is 3.35. The molecule has 1 aromatic rings. The number of carbonyl (C=O) groups is 2. The molecule has 0 bridgehead atoms. The Morgan fingerprint density at radius 2 is 1.45 bits per heavy atom. The van der Waals surface area contributed by atoms with Crippen molar-refractivity contribution in [1.29, 1.82) is 0 Å². The lowest BCUT2D eigenvalue weighted by Crippen LogP contribution is -2.30. The van der Waals surface area contributed by atoms with Crippen LogP contribution >= 0.6 is 0 Å². The van der Waals surface area contributed by atoms with E-state index >= 15 is 0 Å². The highest BCUT2D eigenvalue weighted by molar-refractivity contribution is 5.80. The third-order valence-electron chi connectivity index (χ3n) is 3.96. The fourth-order valence-electron chi connectivity index (χ4n) is 2.99. The lowest BCUT2D eigenvalue weighted by molar-refractivity contribution is -0.210. The van der Waals surface area contributed by atoms with Gasteiger partial charge in [-0.3, -0.25) is 9.59 Å². The van der Waals surface area contributed by atoms with Crippen LogP contribution in [0.15, 0.2) is 12.1 Å². The first-order chi connectivity index (χ1) is 10.5. The second-order valence-corrected chi connectivity index (χ2v) is 5.13. The molecule has 3 rings (SSSR count). The van der Waals surface area contributed by atoms with Gasteiger partial charge in [0.05, 0.1) is 40.1 Å². The number of esters is 2. The number of fused-ring (bicyclic) bond motifs is 1. The van der Waals surface area contributed by atoms with E-state index in [9.17, 15) is 9.59 Å². The van der Waals surface area contributed by atoms with Gasteiger partial charge in [0.2, 0.25) is 5.75 Å². The van der Waals surface area contributed by atoms with Crippen molar-refractivity contribution >= 4 is 11.9 Å². The van der Waals surface area contributed by atoms with Gasteiger partial charge in [-0.2, -0.15) is 0 Å². The molecule has 0 spiro atoms. The van der Waals surface area contributed by atoms with E-state index in [4.69, 9.17) is 23.7 Å². The average Bonchev–Trinajstić information content (AvgIpc) is 2.97. The van der Waals surface area contributed by atoms with E-state index in [2.05, 4.69) is 0 Å². The number of carbonyl (C=O) groups excluding carboxylic acids is 2. The van der Waals surface area contributed by atoms with Crippen LogP contribution in [0.3, 0.4) is 0 Å². The molecule has 2 aliphatic heterocycles. The van der Waals surface area contributed by atoms with E-state index in [0.29, 0.717) is 22.8 Å². The van der Waals surface area contributed by atoms with Crippen molar-refractivity contribution < 1.29 is 33.3 Å². The van der Waals surface area contributed by atoms with Crippen molar-refractivity contribution in [3.8, 4) is 17.2 Å². The molecule has 2 aliphatic rings. The van der Waals surface area contributed by atoms with E-state index in [1.807, 2.05) is 0 Å². The summed E-state index contributed by atoms with van der Waals surface area (Å²) in [6.45, 7) is 0. The van der Waals surface area contributed by atoms with Gasteiger partial charge >= 0.3 is 11.9 Å². The van der Waals surface area contributed by atoms with Gasteiger partial charge in [0.25, 0.3) is 5.79 Å². The Morgan fingerprint density at radius 1 is 0.955 bits per heavy atom. The molecule has 0 aliphatic carbocycles. The molecule has 2 heterocycles. The lowest BCUT2D eigenvalue weighted by Gasteiger charge is -2.27. The van der Waals surface area contributed by atoms with Crippen molar-refractivity contribution in [1.82, 2.24) is 0 Å². The molecule has 2 saturated heterocycles. The van der Waals surface area contributed by atoms with Gasteiger partial charge in [0.1, 0.15) is 0 Å². The first-order valence-electron chi connectivity index (χ1n) is 6.78. The van der Waals surface area contributed by atoms with Gasteiger partial charge in [0.15, 0.2) is 11.5 Å². The SMILES string of the molecule is COc1cc(C23OC(=O)CC2CC(=O)O3)cc(OC)c1OC. The maximum atomic E-state index is 11.7. The Balaban J connectivity index is 2.14. The molecule has 1 aromatic carbocycles. The number of benzene rings is 1. The summed E-state index contributed by atoms with van der Waals surface area (Å²) >= 11 is 0. The van der Waals surface area contributed by atoms with Crippen LogP contribution < -0.4 is 14.2 Å². The third kappa shape index (κ3) is 1.96. The normalized spacial score (nSPS) is 26.2. The zero-order chi connectivity index (χ0) is 15.9. The maximum absolute atomic E-state index is 11.7. The largest absolute Gasteiger partial charge is 0.493 e. The number of hydrogen-bond acceptors (Lipinski definition) is 7. The predicted octanol–water partition coefficient (Wildman–Crippen LogP) is 1.38. The van der Waals surface area contributed by atoms with E-state index in [-0.39, 0.29) is 18.8 Å². The molecule has 2 fully saturated rings. The van der Waals surface area contributed by atoms with Crippen LogP contribution in [-0.2, 0) is 24.8 Å². The Hall–Kier alpha value is -2.44. The monoisotopic (exact) mass is 308 g/mol. The molecule has 22 heavy (non-hydrogen) atoms. The molecular weight excluding hydrogens is 292 g/mol. The third-order valence-corrected chi connectivity index (χ3v) is 3.96. The highest BCUT2D eigenvalue weighted by atomic mass is 16.7. The van der Waals surface area contributed by atoms with Gasteiger partial charge in [-0.25, -0.2) is 0 Å². The smallest absolute Gasteiger partial charge is 0.309 e. The summed E-state index contributed by atoms with van der Waals surface area (Å²) in [6.07, 6.45) is 0.283. The molecule has 0 saturated carbocycles. The Labute approximate surface area is 127 Å². The number of rotatable bonds is 4. The minimum atomic E-state index is -1.40. The summed E-state index contributed by atoms with van der Waals surface area (Å²) in [4.78, 5) is 23.3. The van der Waals surface area contributed by atoms with E-state index < -0.39 is 17.7 Å². The summed E-state index contributed by atoms with van der Waals surface area (Å²) in [7, 11) is 4.46. The van der Waals surface area contributed by atoms with Crippen LogP contribution in [0, 0.1) is 5.92 Å². The highest BCUT2D eigenvalue weighted by Gasteiger charge is 2.59. The zero-order valence-electron chi connectivity index (χ0n) is 12.5. The average molecular weight is 308 g/mol. The van der Waals surface area contributed by atoms with Crippen LogP contribution in [0.1, 0.15) is 18.4 Å². The summed E-state index contributed by atoms with van der Waals surface area (Å²) in [6, 6.07) is 3.26. The molecule has 7 heteroatoms.